The number of nitriles is 1. The van der Waals surface area contributed by atoms with Crippen molar-refractivity contribution in [3.05, 3.63) is 46.0 Å². The predicted octanol–water partition coefficient (Wildman–Crippen LogP) is 2.07. The van der Waals surface area contributed by atoms with Gasteiger partial charge in [-0.2, -0.15) is 5.26 Å². The van der Waals surface area contributed by atoms with Crippen molar-refractivity contribution in [2.24, 2.45) is 0 Å². The summed E-state index contributed by atoms with van der Waals surface area (Å²) in [5.41, 5.74) is 1.56. The Morgan fingerprint density at radius 1 is 1.37 bits per heavy atom. The molecular weight excluding hydrogens is 366 g/mol. The minimum atomic E-state index is -0.451. The molecule has 1 atom stereocenters. The summed E-state index contributed by atoms with van der Waals surface area (Å²) in [6.07, 6.45) is 0.968. The van der Waals surface area contributed by atoms with Crippen molar-refractivity contribution < 1.29 is 19.1 Å². The molecule has 2 rings (SSSR count). The normalized spacial score (nSPS) is 16.3. The predicted molar refractivity (Wildman–Crippen MR) is 102 cm³/mol. The molecule has 1 aromatic carbocycles. The number of hydrogen-bond acceptors (Lipinski definition) is 6. The van der Waals surface area contributed by atoms with E-state index in [0.29, 0.717) is 22.7 Å². The zero-order chi connectivity index (χ0) is 19.8. The van der Waals surface area contributed by atoms with Crippen LogP contribution in [0.15, 0.2) is 34.9 Å². The smallest absolute Gasteiger partial charge is 0.337 e. The summed E-state index contributed by atoms with van der Waals surface area (Å²) in [7, 11) is 1.30. The van der Waals surface area contributed by atoms with Crippen molar-refractivity contribution in [3.8, 4) is 6.07 Å². The van der Waals surface area contributed by atoms with Gasteiger partial charge in [-0.3, -0.25) is 9.59 Å². The Bertz CT molecular complexity index is 796. The fourth-order valence-corrected chi connectivity index (χ4v) is 3.55. The lowest BCUT2D eigenvalue weighted by molar-refractivity contribution is -0.121. The number of carbonyl (C=O) groups excluding carboxylic acids is 3. The van der Waals surface area contributed by atoms with Crippen molar-refractivity contribution in [2.75, 3.05) is 19.4 Å². The van der Waals surface area contributed by atoms with Crippen LogP contribution in [0.5, 0.6) is 0 Å². The molecule has 27 heavy (non-hydrogen) atoms. The Morgan fingerprint density at radius 2 is 2.07 bits per heavy atom. The van der Waals surface area contributed by atoms with Gasteiger partial charge in [0.05, 0.1) is 35.1 Å². The SMILES string of the molecule is CCCNC(=O)CSC1=C(C#N)[C@H](c2ccc(C(=O)OC)cc2)CC(=O)N1. The summed E-state index contributed by atoms with van der Waals surface area (Å²) in [5, 5.41) is 15.5. The molecule has 2 N–H and O–H groups in total. The molecule has 1 aliphatic heterocycles. The van der Waals surface area contributed by atoms with Crippen molar-refractivity contribution >= 4 is 29.5 Å². The lowest BCUT2D eigenvalue weighted by Gasteiger charge is -2.25. The molecule has 0 unspecified atom stereocenters. The second kappa shape index (κ2) is 9.78. The highest BCUT2D eigenvalue weighted by Gasteiger charge is 2.30. The largest absolute Gasteiger partial charge is 0.465 e. The standard InChI is InChI=1S/C19H21N3O4S/c1-3-8-21-17(24)11-27-18-15(10-20)14(9-16(23)22-18)12-4-6-13(7-5-12)19(25)26-2/h4-7,14H,3,8-9,11H2,1-2H3,(H,21,24)(H,22,23)/t14-/m0/s1. The molecule has 0 fully saturated rings. The van der Waals surface area contributed by atoms with Gasteiger partial charge in [0.25, 0.3) is 0 Å². The maximum atomic E-state index is 12.1. The Kier molecular flexibility index (Phi) is 7.44. The van der Waals surface area contributed by atoms with Crippen molar-refractivity contribution in [3.63, 3.8) is 0 Å². The third-order valence-corrected chi connectivity index (χ3v) is 5.03. The molecule has 0 aliphatic carbocycles. The fraction of sp³-hybridized carbons (Fsp3) is 0.368. The molecule has 0 radical (unpaired) electrons. The molecule has 0 spiro atoms. The van der Waals surface area contributed by atoms with Crippen LogP contribution >= 0.6 is 11.8 Å². The first-order valence-electron chi connectivity index (χ1n) is 8.52. The number of amides is 2. The first kappa shape index (κ1) is 20.5. The molecule has 8 heteroatoms. The summed E-state index contributed by atoms with van der Waals surface area (Å²) >= 11 is 1.14. The van der Waals surface area contributed by atoms with Gasteiger partial charge < -0.3 is 15.4 Å². The Morgan fingerprint density at radius 3 is 2.67 bits per heavy atom. The highest BCUT2D eigenvalue weighted by atomic mass is 32.2. The molecule has 1 heterocycles. The van der Waals surface area contributed by atoms with Gasteiger partial charge in [-0.1, -0.05) is 30.8 Å². The van der Waals surface area contributed by atoms with Gasteiger partial charge in [-0.15, -0.1) is 0 Å². The van der Waals surface area contributed by atoms with Crippen LogP contribution in [-0.4, -0.2) is 37.2 Å². The van der Waals surface area contributed by atoms with Crippen LogP contribution in [0.2, 0.25) is 0 Å². The Hall–Kier alpha value is -2.79. The molecular formula is C19H21N3O4S. The van der Waals surface area contributed by atoms with Crippen LogP contribution in [0.4, 0.5) is 0 Å². The molecule has 0 aromatic heterocycles. The summed E-state index contributed by atoms with van der Waals surface area (Å²) in [5.74, 6) is -1.11. The van der Waals surface area contributed by atoms with Crippen molar-refractivity contribution in [2.45, 2.75) is 25.7 Å². The highest BCUT2D eigenvalue weighted by molar-refractivity contribution is 8.03. The molecule has 142 valence electrons. The third kappa shape index (κ3) is 5.34. The van der Waals surface area contributed by atoms with Gasteiger partial charge >= 0.3 is 5.97 Å². The Labute approximate surface area is 162 Å². The van der Waals surface area contributed by atoms with E-state index in [-0.39, 0.29) is 24.0 Å². The maximum absolute atomic E-state index is 12.1. The number of hydrogen-bond donors (Lipinski definition) is 2. The number of nitrogens with one attached hydrogen (secondary N) is 2. The molecule has 1 aliphatic rings. The second-order valence-corrected chi connectivity index (χ2v) is 6.90. The monoisotopic (exact) mass is 387 g/mol. The number of rotatable bonds is 7. The number of carbonyl (C=O) groups is 3. The summed E-state index contributed by atoms with van der Waals surface area (Å²) < 4.78 is 4.67. The van der Waals surface area contributed by atoms with E-state index in [1.54, 1.807) is 24.3 Å². The minimum absolute atomic E-state index is 0.120. The summed E-state index contributed by atoms with van der Waals surface area (Å²) in [6.45, 7) is 2.55. The number of ether oxygens (including phenoxy) is 1. The van der Waals surface area contributed by atoms with Gasteiger partial charge in [-0.05, 0) is 24.1 Å². The Balaban J connectivity index is 2.22. The minimum Gasteiger partial charge on any atom is -0.465 e. The number of esters is 1. The average Bonchev–Trinajstić information content (AvgIpc) is 2.69. The van der Waals surface area contributed by atoms with Gasteiger partial charge in [0, 0.05) is 18.9 Å². The van der Waals surface area contributed by atoms with Gasteiger partial charge in [-0.25, -0.2) is 4.79 Å². The van der Waals surface area contributed by atoms with Gasteiger partial charge in [0.1, 0.15) is 0 Å². The number of allylic oxidation sites excluding steroid dienone is 1. The van der Waals surface area contributed by atoms with Gasteiger partial charge in [0.15, 0.2) is 0 Å². The van der Waals surface area contributed by atoms with E-state index < -0.39 is 11.9 Å². The van der Waals surface area contributed by atoms with E-state index in [4.69, 9.17) is 0 Å². The van der Waals surface area contributed by atoms with E-state index in [2.05, 4.69) is 21.4 Å². The van der Waals surface area contributed by atoms with E-state index in [1.165, 1.54) is 7.11 Å². The zero-order valence-corrected chi connectivity index (χ0v) is 16.0. The van der Waals surface area contributed by atoms with Crippen LogP contribution in [0.25, 0.3) is 0 Å². The van der Waals surface area contributed by atoms with Crippen LogP contribution in [0.1, 0.15) is 41.6 Å². The topological polar surface area (TPSA) is 108 Å². The molecule has 7 nitrogen and oxygen atoms in total. The average molecular weight is 387 g/mol. The van der Waals surface area contributed by atoms with Crippen molar-refractivity contribution in [1.29, 1.82) is 5.26 Å². The van der Waals surface area contributed by atoms with Crippen LogP contribution in [0.3, 0.4) is 0 Å². The molecule has 0 saturated carbocycles. The van der Waals surface area contributed by atoms with E-state index in [9.17, 15) is 19.6 Å². The second-order valence-electron chi connectivity index (χ2n) is 5.91. The third-order valence-electron chi connectivity index (χ3n) is 4.01. The molecule has 0 saturated heterocycles. The quantitative estimate of drug-likeness (QED) is 0.694. The number of nitrogens with zero attached hydrogens (tertiary/aromatic N) is 1. The fourth-order valence-electron chi connectivity index (χ4n) is 2.64. The van der Waals surface area contributed by atoms with E-state index in [1.807, 2.05) is 6.92 Å². The number of thioether (sulfide) groups is 1. The summed E-state index contributed by atoms with van der Waals surface area (Å²) in [6, 6.07) is 8.79. The van der Waals surface area contributed by atoms with Crippen LogP contribution in [-0.2, 0) is 14.3 Å². The van der Waals surface area contributed by atoms with Crippen LogP contribution in [0, 0.1) is 11.3 Å². The van der Waals surface area contributed by atoms with E-state index in [0.717, 1.165) is 23.7 Å². The first-order chi connectivity index (χ1) is 13.0. The van der Waals surface area contributed by atoms with E-state index >= 15 is 0 Å². The van der Waals surface area contributed by atoms with Crippen LogP contribution < -0.4 is 10.6 Å². The number of methoxy groups -OCH3 is 1. The highest BCUT2D eigenvalue weighted by Crippen LogP contribution is 2.35. The first-order valence-corrected chi connectivity index (χ1v) is 9.50. The lowest BCUT2D eigenvalue weighted by Crippen LogP contribution is -2.32. The van der Waals surface area contributed by atoms with Gasteiger partial charge in [0.2, 0.25) is 11.8 Å². The molecule has 1 aromatic rings. The van der Waals surface area contributed by atoms with Crippen molar-refractivity contribution in [1.82, 2.24) is 10.6 Å². The number of benzene rings is 1. The maximum Gasteiger partial charge on any atom is 0.337 e. The molecule has 2 amide bonds. The zero-order valence-electron chi connectivity index (χ0n) is 15.2. The lowest BCUT2D eigenvalue weighted by atomic mass is 9.87. The summed E-state index contributed by atoms with van der Waals surface area (Å²) in [4.78, 5) is 35.5. The molecule has 0 bridgehead atoms.